The number of rotatable bonds is 6. The van der Waals surface area contributed by atoms with Gasteiger partial charge in [0.25, 0.3) is 5.91 Å². The van der Waals surface area contributed by atoms with Crippen molar-refractivity contribution in [2.45, 2.75) is 38.5 Å². The van der Waals surface area contributed by atoms with Crippen molar-refractivity contribution in [1.82, 2.24) is 10.3 Å². The number of anilines is 1. The van der Waals surface area contributed by atoms with Crippen LogP contribution in [0.2, 0.25) is 0 Å². The summed E-state index contributed by atoms with van der Waals surface area (Å²) in [6.45, 7) is 3.82. The van der Waals surface area contributed by atoms with Gasteiger partial charge in [-0.3, -0.25) is 9.59 Å². The molecular weight excluding hydrogens is 478 g/mol. The van der Waals surface area contributed by atoms with Gasteiger partial charge in [0.05, 0.1) is 20.1 Å². The fourth-order valence-corrected chi connectivity index (χ4v) is 5.39. The Morgan fingerprint density at radius 2 is 1.74 bits per heavy atom. The zero-order chi connectivity index (χ0) is 26.8. The minimum Gasteiger partial charge on any atom is -0.497 e. The van der Waals surface area contributed by atoms with E-state index in [1.54, 1.807) is 26.5 Å². The van der Waals surface area contributed by atoms with Crippen molar-refractivity contribution in [3.05, 3.63) is 106 Å². The summed E-state index contributed by atoms with van der Waals surface area (Å²) >= 11 is 0. The van der Waals surface area contributed by atoms with Crippen LogP contribution in [0.1, 0.15) is 48.3 Å². The van der Waals surface area contributed by atoms with Crippen molar-refractivity contribution in [2.24, 2.45) is 0 Å². The highest BCUT2D eigenvalue weighted by Gasteiger charge is 2.42. The minimum absolute atomic E-state index is 0.0155. The second kappa shape index (κ2) is 10.5. The maximum absolute atomic E-state index is 13.9. The van der Waals surface area contributed by atoms with Crippen LogP contribution >= 0.6 is 0 Å². The van der Waals surface area contributed by atoms with Gasteiger partial charge in [-0.15, -0.1) is 0 Å². The standard InChI is InChI=1S/C31H31N3O4/c1-18-9-14-27(32-17-18)34-31(36)28-19(2)33-24-15-21(20-10-12-22(37-3)13-11-20)16-25(35)30(24)29(28)23-7-5-6-8-26(23)38-4/h5-14,17,21,29,33H,15-16H2,1-4H3,(H,32,34,36). The molecule has 7 heteroatoms. The first-order chi connectivity index (χ1) is 18.4. The lowest BCUT2D eigenvalue weighted by atomic mass is 9.71. The molecule has 2 aliphatic rings. The Kier molecular flexibility index (Phi) is 7.01. The fraction of sp³-hybridized carbons (Fsp3) is 0.258. The number of amides is 1. The van der Waals surface area contributed by atoms with Crippen LogP contribution in [0, 0.1) is 6.92 Å². The fourth-order valence-electron chi connectivity index (χ4n) is 5.39. The van der Waals surface area contributed by atoms with Gasteiger partial charge in [0, 0.05) is 40.7 Å². The number of aryl methyl sites for hydroxylation is 1. The molecule has 0 fully saturated rings. The lowest BCUT2D eigenvalue weighted by Gasteiger charge is -2.37. The molecule has 0 bridgehead atoms. The molecule has 0 saturated heterocycles. The van der Waals surface area contributed by atoms with Crippen LogP contribution in [0.3, 0.4) is 0 Å². The van der Waals surface area contributed by atoms with E-state index in [-0.39, 0.29) is 17.6 Å². The van der Waals surface area contributed by atoms with Crippen LogP contribution in [0.25, 0.3) is 0 Å². The quantitative estimate of drug-likeness (QED) is 0.462. The topological polar surface area (TPSA) is 89.5 Å². The predicted molar refractivity (Wildman–Crippen MR) is 146 cm³/mol. The summed E-state index contributed by atoms with van der Waals surface area (Å²) in [5, 5.41) is 6.35. The van der Waals surface area contributed by atoms with Gasteiger partial charge in [-0.2, -0.15) is 0 Å². The van der Waals surface area contributed by atoms with Crippen molar-refractivity contribution in [3.8, 4) is 11.5 Å². The third-order valence-electron chi connectivity index (χ3n) is 7.26. The Labute approximate surface area is 222 Å². The van der Waals surface area contributed by atoms with E-state index >= 15 is 0 Å². The summed E-state index contributed by atoms with van der Waals surface area (Å²) in [5.41, 5.74) is 5.50. The Morgan fingerprint density at radius 1 is 0.974 bits per heavy atom. The summed E-state index contributed by atoms with van der Waals surface area (Å²) in [4.78, 5) is 31.9. The summed E-state index contributed by atoms with van der Waals surface area (Å²) in [6, 6.07) is 19.1. The van der Waals surface area contributed by atoms with Gasteiger partial charge in [-0.1, -0.05) is 36.4 Å². The zero-order valence-corrected chi connectivity index (χ0v) is 22.0. The number of pyridine rings is 1. The van der Waals surface area contributed by atoms with Crippen LogP contribution in [0.15, 0.2) is 89.4 Å². The van der Waals surface area contributed by atoms with E-state index in [2.05, 4.69) is 15.6 Å². The molecule has 38 heavy (non-hydrogen) atoms. The summed E-state index contributed by atoms with van der Waals surface area (Å²) in [6.07, 6.45) is 2.72. The number of hydrogen-bond acceptors (Lipinski definition) is 6. The first-order valence-electron chi connectivity index (χ1n) is 12.6. The molecule has 1 amide bonds. The normalized spacial score (nSPS) is 19.0. The maximum Gasteiger partial charge on any atom is 0.255 e. The smallest absolute Gasteiger partial charge is 0.255 e. The Morgan fingerprint density at radius 3 is 2.42 bits per heavy atom. The number of aromatic nitrogens is 1. The molecule has 2 N–H and O–H groups in total. The van der Waals surface area contributed by atoms with E-state index in [1.165, 1.54) is 0 Å². The van der Waals surface area contributed by atoms with Crippen LogP contribution in [-0.4, -0.2) is 30.9 Å². The Bertz CT molecular complexity index is 1440. The lowest BCUT2D eigenvalue weighted by molar-refractivity contribution is -0.116. The third kappa shape index (κ3) is 4.79. The number of nitrogens with one attached hydrogen (secondary N) is 2. The Balaban J connectivity index is 1.56. The largest absolute Gasteiger partial charge is 0.497 e. The summed E-state index contributed by atoms with van der Waals surface area (Å²) < 4.78 is 11.0. The predicted octanol–water partition coefficient (Wildman–Crippen LogP) is 5.41. The van der Waals surface area contributed by atoms with Gasteiger partial charge in [-0.05, 0) is 61.6 Å². The molecule has 0 radical (unpaired) electrons. The molecule has 5 rings (SSSR count). The Hall–Kier alpha value is -4.39. The molecule has 7 nitrogen and oxygen atoms in total. The molecule has 3 aromatic rings. The van der Waals surface area contributed by atoms with Gasteiger partial charge < -0.3 is 20.1 Å². The number of para-hydroxylation sites is 1. The number of benzene rings is 2. The number of carbonyl (C=O) groups excluding carboxylic acids is 2. The summed E-state index contributed by atoms with van der Waals surface area (Å²) in [7, 11) is 3.24. The monoisotopic (exact) mass is 509 g/mol. The van der Waals surface area contributed by atoms with Gasteiger partial charge in [0.1, 0.15) is 17.3 Å². The van der Waals surface area contributed by atoms with E-state index in [9.17, 15) is 9.59 Å². The highest BCUT2D eigenvalue weighted by Crippen LogP contribution is 2.47. The molecule has 194 valence electrons. The number of hydrogen-bond donors (Lipinski definition) is 2. The van der Waals surface area contributed by atoms with E-state index in [1.807, 2.05) is 68.4 Å². The maximum atomic E-state index is 13.9. The molecule has 0 saturated carbocycles. The molecule has 2 aromatic carbocycles. The van der Waals surface area contributed by atoms with Crippen molar-refractivity contribution in [3.63, 3.8) is 0 Å². The van der Waals surface area contributed by atoms with E-state index in [0.29, 0.717) is 41.3 Å². The average Bonchev–Trinajstić information content (AvgIpc) is 2.93. The number of ketones is 1. The van der Waals surface area contributed by atoms with Gasteiger partial charge in [-0.25, -0.2) is 4.98 Å². The SMILES string of the molecule is COc1ccc(C2CC(=O)C3=C(C2)NC(C)=C(C(=O)Nc2ccc(C)cn2)C3c2ccccc2OC)cc1. The van der Waals surface area contributed by atoms with Gasteiger partial charge in [0.2, 0.25) is 0 Å². The molecule has 2 atom stereocenters. The van der Waals surface area contributed by atoms with Crippen LogP contribution < -0.4 is 20.1 Å². The highest BCUT2D eigenvalue weighted by atomic mass is 16.5. The van der Waals surface area contributed by atoms with E-state index in [0.717, 1.165) is 28.1 Å². The number of ether oxygens (including phenoxy) is 2. The molecular formula is C31H31N3O4. The highest BCUT2D eigenvalue weighted by molar-refractivity contribution is 6.09. The van der Waals surface area contributed by atoms with E-state index < -0.39 is 5.92 Å². The third-order valence-corrected chi connectivity index (χ3v) is 7.26. The van der Waals surface area contributed by atoms with Crippen LogP contribution in [-0.2, 0) is 9.59 Å². The molecule has 1 aliphatic heterocycles. The molecule has 2 unspecified atom stereocenters. The van der Waals surface area contributed by atoms with Crippen LogP contribution in [0.4, 0.5) is 5.82 Å². The number of nitrogens with zero attached hydrogens (tertiary/aromatic N) is 1. The minimum atomic E-state index is -0.572. The average molecular weight is 510 g/mol. The molecule has 1 aliphatic carbocycles. The number of dihydropyridines is 1. The lowest BCUT2D eigenvalue weighted by Crippen LogP contribution is -2.37. The molecule has 1 aromatic heterocycles. The van der Waals surface area contributed by atoms with Crippen molar-refractivity contribution < 1.29 is 19.1 Å². The van der Waals surface area contributed by atoms with Gasteiger partial charge >= 0.3 is 0 Å². The number of carbonyl (C=O) groups is 2. The van der Waals surface area contributed by atoms with Crippen molar-refractivity contribution >= 4 is 17.5 Å². The van der Waals surface area contributed by atoms with E-state index in [4.69, 9.17) is 9.47 Å². The van der Waals surface area contributed by atoms with Gasteiger partial charge in [0.15, 0.2) is 5.78 Å². The number of Topliss-reactive ketones (excluding diaryl/α,β-unsaturated/α-hetero) is 1. The summed E-state index contributed by atoms with van der Waals surface area (Å²) in [5.74, 6) is 1.02. The second-order valence-corrected chi connectivity index (χ2v) is 9.71. The number of allylic oxidation sites excluding steroid dienone is 3. The first-order valence-corrected chi connectivity index (χ1v) is 12.6. The molecule has 0 spiro atoms. The van der Waals surface area contributed by atoms with Crippen LogP contribution in [0.5, 0.6) is 11.5 Å². The second-order valence-electron chi connectivity index (χ2n) is 9.71. The number of methoxy groups -OCH3 is 2. The first kappa shape index (κ1) is 25.3. The molecule has 2 heterocycles. The van der Waals surface area contributed by atoms with Crippen molar-refractivity contribution in [2.75, 3.05) is 19.5 Å². The zero-order valence-electron chi connectivity index (χ0n) is 22.0. The van der Waals surface area contributed by atoms with Crippen molar-refractivity contribution in [1.29, 1.82) is 0 Å².